The Balaban J connectivity index is 1.71. The number of amides is 1. The number of anilines is 1. The molecule has 0 unspecified atom stereocenters. The first kappa shape index (κ1) is 19.5. The van der Waals surface area contributed by atoms with E-state index in [2.05, 4.69) is 22.1 Å². The monoisotopic (exact) mass is 420 g/mol. The highest BCUT2D eigenvalue weighted by Gasteiger charge is 2.16. The molecule has 0 fully saturated rings. The molecule has 0 aliphatic carbocycles. The first-order valence-electron chi connectivity index (χ1n) is 7.96. The maximum absolute atomic E-state index is 12.4. The van der Waals surface area contributed by atoms with Gasteiger partial charge >= 0.3 is 0 Å². The minimum absolute atomic E-state index is 0.176. The Bertz CT molecular complexity index is 941. The summed E-state index contributed by atoms with van der Waals surface area (Å²) in [5, 5.41) is 14.5. The van der Waals surface area contributed by atoms with Crippen molar-refractivity contribution in [2.75, 3.05) is 18.2 Å². The molecule has 9 heteroatoms. The lowest BCUT2D eigenvalue weighted by atomic mass is 10.3. The van der Waals surface area contributed by atoms with Crippen LogP contribution in [0.4, 0.5) is 5.69 Å². The fraction of sp³-hybridized carbons (Fsp3) is 0.167. The van der Waals surface area contributed by atoms with Gasteiger partial charge < -0.3 is 10.1 Å². The van der Waals surface area contributed by atoms with Gasteiger partial charge in [-0.05, 0) is 29.6 Å². The van der Waals surface area contributed by atoms with E-state index in [1.165, 1.54) is 18.9 Å². The number of thiophene rings is 1. The molecule has 0 atom stereocenters. The zero-order valence-electron chi connectivity index (χ0n) is 14.5. The van der Waals surface area contributed by atoms with Gasteiger partial charge in [-0.1, -0.05) is 35.5 Å². The number of carbonyl (C=O) groups excluding carboxylic acids is 1. The summed E-state index contributed by atoms with van der Waals surface area (Å²) >= 11 is 8.89. The molecule has 0 bridgehead atoms. The van der Waals surface area contributed by atoms with E-state index in [1.54, 1.807) is 35.6 Å². The van der Waals surface area contributed by atoms with Crippen LogP contribution in [-0.4, -0.2) is 33.5 Å². The predicted octanol–water partition coefficient (Wildman–Crippen LogP) is 4.59. The number of nitrogens with one attached hydrogen (secondary N) is 1. The number of aromatic nitrogens is 3. The van der Waals surface area contributed by atoms with Crippen molar-refractivity contribution in [2.45, 2.75) is 11.7 Å². The molecule has 0 spiro atoms. The highest BCUT2D eigenvalue weighted by molar-refractivity contribution is 7.99. The van der Waals surface area contributed by atoms with E-state index in [0.717, 1.165) is 10.7 Å². The molecule has 0 saturated carbocycles. The number of halogens is 1. The number of carbonyl (C=O) groups is 1. The predicted molar refractivity (Wildman–Crippen MR) is 111 cm³/mol. The summed E-state index contributed by atoms with van der Waals surface area (Å²) in [7, 11) is 1.54. The van der Waals surface area contributed by atoms with Crippen molar-refractivity contribution >= 4 is 46.3 Å². The Morgan fingerprint density at radius 1 is 1.44 bits per heavy atom. The molecular formula is C18H17ClN4O2S2. The van der Waals surface area contributed by atoms with Gasteiger partial charge in [0.1, 0.15) is 5.75 Å². The van der Waals surface area contributed by atoms with Gasteiger partial charge in [0.05, 0.1) is 23.4 Å². The average Bonchev–Trinajstić information content (AvgIpc) is 3.30. The Hall–Kier alpha value is -2.29. The molecule has 1 N–H and O–H groups in total. The van der Waals surface area contributed by atoms with Crippen LogP contribution < -0.4 is 10.1 Å². The van der Waals surface area contributed by atoms with E-state index in [9.17, 15) is 4.79 Å². The normalized spacial score (nSPS) is 10.6. The number of nitrogens with zero attached hydrogens (tertiary/aromatic N) is 3. The van der Waals surface area contributed by atoms with Gasteiger partial charge in [0.15, 0.2) is 11.0 Å². The summed E-state index contributed by atoms with van der Waals surface area (Å²) < 4.78 is 7.18. The van der Waals surface area contributed by atoms with Crippen LogP contribution in [0.15, 0.2) is 53.5 Å². The second-order valence-electron chi connectivity index (χ2n) is 5.36. The summed E-state index contributed by atoms with van der Waals surface area (Å²) in [6, 6.07) is 9.01. The SMILES string of the molecule is C=CCn1c(SCC(=O)Nc2cc(Cl)ccc2OC)nnc1-c1cccs1. The number of benzene rings is 1. The quantitative estimate of drug-likeness (QED) is 0.426. The molecule has 2 aromatic heterocycles. The van der Waals surface area contributed by atoms with Crippen molar-refractivity contribution in [2.24, 2.45) is 0 Å². The van der Waals surface area contributed by atoms with E-state index in [4.69, 9.17) is 16.3 Å². The molecule has 6 nitrogen and oxygen atoms in total. The minimum atomic E-state index is -0.189. The first-order chi connectivity index (χ1) is 13.1. The Morgan fingerprint density at radius 2 is 2.30 bits per heavy atom. The van der Waals surface area contributed by atoms with Crippen LogP contribution in [0.2, 0.25) is 5.02 Å². The summed E-state index contributed by atoms with van der Waals surface area (Å²) in [5.74, 6) is 1.30. The topological polar surface area (TPSA) is 69.0 Å². The smallest absolute Gasteiger partial charge is 0.234 e. The maximum Gasteiger partial charge on any atom is 0.234 e. The molecule has 2 heterocycles. The molecule has 0 aliphatic rings. The van der Waals surface area contributed by atoms with Crippen molar-refractivity contribution in [3.05, 3.63) is 53.4 Å². The number of ether oxygens (including phenoxy) is 1. The third-order valence-corrected chi connectivity index (χ3v) is 5.61. The standard InChI is InChI=1S/C18H17ClN4O2S2/c1-3-8-23-17(15-5-4-9-26-15)21-22-18(23)27-11-16(24)20-13-10-12(19)6-7-14(13)25-2/h3-7,9-10H,1,8,11H2,2H3,(H,20,24). The van der Waals surface area contributed by atoms with E-state index < -0.39 is 0 Å². The molecule has 1 amide bonds. The van der Waals surface area contributed by atoms with Crippen LogP contribution in [-0.2, 0) is 11.3 Å². The number of allylic oxidation sites excluding steroid dienone is 1. The fourth-order valence-corrected chi connectivity index (χ4v) is 4.01. The number of hydrogen-bond donors (Lipinski definition) is 1. The van der Waals surface area contributed by atoms with Crippen molar-refractivity contribution in [1.29, 1.82) is 0 Å². The van der Waals surface area contributed by atoms with Crippen molar-refractivity contribution in [1.82, 2.24) is 14.8 Å². The van der Waals surface area contributed by atoms with E-state index in [-0.39, 0.29) is 11.7 Å². The summed E-state index contributed by atoms with van der Waals surface area (Å²) in [5.41, 5.74) is 0.530. The second kappa shape index (κ2) is 9.07. The molecule has 0 radical (unpaired) electrons. The van der Waals surface area contributed by atoms with Crippen LogP contribution in [0.1, 0.15) is 0 Å². The Morgan fingerprint density at radius 3 is 3.00 bits per heavy atom. The molecule has 27 heavy (non-hydrogen) atoms. The number of thioether (sulfide) groups is 1. The lowest BCUT2D eigenvalue weighted by Crippen LogP contribution is -2.15. The molecule has 0 saturated heterocycles. The first-order valence-corrected chi connectivity index (χ1v) is 10.2. The molecule has 1 aromatic carbocycles. The van der Waals surface area contributed by atoms with Gasteiger partial charge in [-0.3, -0.25) is 9.36 Å². The van der Waals surface area contributed by atoms with Crippen LogP contribution in [0.25, 0.3) is 10.7 Å². The van der Waals surface area contributed by atoms with E-state index in [0.29, 0.717) is 28.2 Å². The van der Waals surface area contributed by atoms with Gasteiger partial charge in [-0.25, -0.2) is 0 Å². The average molecular weight is 421 g/mol. The van der Waals surface area contributed by atoms with Crippen LogP contribution in [0.5, 0.6) is 5.75 Å². The second-order valence-corrected chi connectivity index (χ2v) is 7.69. The van der Waals surface area contributed by atoms with Gasteiger partial charge in [-0.15, -0.1) is 28.1 Å². The lowest BCUT2D eigenvalue weighted by Gasteiger charge is -2.10. The number of methoxy groups -OCH3 is 1. The minimum Gasteiger partial charge on any atom is -0.495 e. The van der Waals surface area contributed by atoms with Gasteiger partial charge in [0.25, 0.3) is 0 Å². The van der Waals surface area contributed by atoms with Crippen LogP contribution >= 0.6 is 34.7 Å². The summed E-state index contributed by atoms with van der Waals surface area (Å²) in [4.78, 5) is 13.4. The van der Waals surface area contributed by atoms with Gasteiger partial charge in [-0.2, -0.15) is 0 Å². The van der Waals surface area contributed by atoms with Crippen molar-refractivity contribution in [3.63, 3.8) is 0 Å². The van der Waals surface area contributed by atoms with E-state index in [1.807, 2.05) is 22.1 Å². The summed E-state index contributed by atoms with van der Waals surface area (Å²) in [6.07, 6.45) is 1.78. The number of hydrogen-bond acceptors (Lipinski definition) is 6. The van der Waals surface area contributed by atoms with Gasteiger partial charge in [0, 0.05) is 11.6 Å². The molecule has 140 valence electrons. The molecule has 0 aliphatic heterocycles. The Labute approximate surface area is 170 Å². The van der Waals surface area contributed by atoms with Crippen molar-refractivity contribution in [3.8, 4) is 16.5 Å². The van der Waals surface area contributed by atoms with Crippen LogP contribution in [0.3, 0.4) is 0 Å². The largest absolute Gasteiger partial charge is 0.495 e. The van der Waals surface area contributed by atoms with Gasteiger partial charge in [0.2, 0.25) is 5.91 Å². The summed E-state index contributed by atoms with van der Waals surface area (Å²) in [6.45, 7) is 4.35. The number of rotatable bonds is 8. The van der Waals surface area contributed by atoms with E-state index >= 15 is 0 Å². The highest BCUT2D eigenvalue weighted by Crippen LogP contribution is 2.29. The van der Waals surface area contributed by atoms with Crippen LogP contribution in [0, 0.1) is 0 Å². The highest BCUT2D eigenvalue weighted by atomic mass is 35.5. The third-order valence-electron chi connectivity index (χ3n) is 3.54. The third kappa shape index (κ3) is 4.71. The Kier molecular flexibility index (Phi) is 6.54. The van der Waals surface area contributed by atoms with Crippen molar-refractivity contribution < 1.29 is 9.53 Å². The molecule has 3 rings (SSSR count). The lowest BCUT2D eigenvalue weighted by molar-refractivity contribution is -0.113. The molecule has 3 aromatic rings. The fourth-order valence-electron chi connectivity index (χ4n) is 2.37. The zero-order chi connectivity index (χ0) is 19.2. The zero-order valence-corrected chi connectivity index (χ0v) is 16.9. The molecular weight excluding hydrogens is 404 g/mol. The maximum atomic E-state index is 12.4.